The van der Waals surface area contributed by atoms with E-state index in [9.17, 15) is 0 Å². The third kappa shape index (κ3) is 1.78. The van der Waals surface area contributed by atoms with Gasteiger partial charge in [0.15, 0.2) is 0 Å². The van der Waals surface area contributed by atoms with Gasteiger partial charge in [0.25, 0.3) is 0 Å². The second-order valence-corrected chi connectivity index (χ2v) is 2.29. The Bertz CT molecular complexity index is 268. The summed E-state index contributed by atoms with van der Waals surface area (Å²) in [6.07, 6.45) is 0. The zero-order valence-electron chi connectivity index (χ0n) is 6.09. The molecular formula is C8H10N3. The smallest absolute Gasteiger partial charge is 0.122 e. The number of nitrogens with one attached hydrogen (secondary N) is 2. The maximum Gasteiger partial charge on any atom is 0.122 e. The molecule has 4 N–H and O–H groups in total. The summed E-state index contributed by atoms with van der Waals surface area (Å²) in [5.41, 5.74) is 13.9. The second kappa shape index (κ2) is 3.16. The Balaban J connectivity index is 3.01. The van der Waals surface area contributed by atoms with Gasteiger partial charge in [0.05, 0.1) is 0 Å². The summed E-state index contributed by atoms with van der Waals surface area (Å²) < 4.78 is 0. The Labute approximate surface area is 65.5 Å². The maximum absolute atomic E-state index is 7.12. The van der Waals surface area contributed by atoms with Gasteiger partial charge in [0, 0.05) is 12.1 Å². The van der Waals surface area contributed by atoms with Crippen LogP contribution in [0.15, 0.2) is 24.3 Å². The van der Waals surface area contributed by atoms with Crippen molar-refractivity contribution in [3.63, 3.8) is 0 Å². The van der Waals surface area contributed by atoms with Gasteiger partial charge in [-0.15, -0.1) is 0 Å². The highest BCUT2D eigenvalue weighted by Crippen LogP contribution is 2.03. The fourth-order valence-corrected chi connectivity index (χ4v) is 0.849. The lowest BCUT2D eigenvalue weighted by atomic mass is 10.1. The molecular weight excluding hydrogens is 138 g/mol. The van der Waals surface area contributed by atoms with E-state index in [1.54, 1.807) is 18.2 Å². The number of hydrogen-bond acceptors (Lipinski definition) is 1. The lowest BCUT2D eigenvalue weighted by Gasteiger charge is -1.99. The van der Waals surface area contributed by atoms with Gasteiger partial charge in [0.2, 0.25) is 0 Å². The number of hydrogen-bond donors (Lipinski definition) is 2. The van der Waals surface area contributed by atoms with E-state index in [1.807, 2.05) is 6.07 Å². The molecule has 0 aliphatic rings. The summed E-state index contributed by atoms with van der Waals surface area (Å²) in [5, 5.41) is 7.12. The van der Waals surface area contributed by atoms with E-state index >= 15 is 0 Å². The summed E-state index contributed by atoms with van der Waals surface area (Å²) in [6.45, 7) is 0.237. The van der Waals surface area contributed by atoms with E-state index in [0.29, 0.717) is 5.56 Å². The van der Waals surface area contributed by atoms with Gasteiger partial charge in [-0.05, 0) is 11.6 Å². The van der Waals surface area contributed by atoms with Crippen LogP contribution < -0.4 is 11.5 Å². The molecule has 0 saturated carbocycles. The van der Waals surface area contributed by atoms with Gasteiger partial charge in [-0.25, -0.2) is 0 Å². The Morgan fingerprint density at radius 2 is 2.18 bits per heavy atom. The van der Waals surface area contributed by atoms with E-state index < -0.39 is 0 Å². The van der Waals surface area contributed by atoms with Gasteiger partial charge in [0.1, 0.15) is 5.84 Å². The molecule has 0 bridgehead atoms. The molecule has 0 spiro atoms. The molecule has 1 radical (unpaired) electrons. The molecule has 0 fully saturated rings. The summed E-state index contributed by atoms with van der Waals surface area (Å²) in [7, 11) is 0. The van der Waals surface area contributed by atoms with Crippen LogP contribution in [0.3, 0.4) is 0 Å². The average Bonchev–Trinajstić information content (AvgIpc) is 2.05. The van der Waals surface area contributed by atoms with Crippen LogP contribution in [0.4, 0.5) is 0 Å². The fourth-order valence-electron chi connectivity index (χ4n) is 0.849. The molecule has 0 amide bonds. The first kappa shape index (κ1) is 7.75. The fraction of sp³-hybridized carbons (Fsp3) is 0.125. The van der Waals surface area contributed by atoms with Gasteiger partial charge in [-0.1, -0.05) is 18.2 Å². The van der Waals surface area contributed by atoms with E-state index in [0.717, 1.165) is 5.56 Å². The lowest BCUT2D eigenvalue weighted by molar-refractivity contribution is 1.03. The Morgan fingerprint density at radius 1 is 1.45 bits per heavy atom. The van der Waals surface area contributed by atoms with E-state index in [2.05, 4.69) is 0 Å². The number of rotatable bonds is 2. The highest BCUT2D eigenvalue weighted by Gasteiger charge is 1.95. The molecule has 1 rings (SSSR count). The normalized spacial score (nSPS) is 9.55. The molecule has 3 nitrogen and oxygen atoms in total. The molecule has 0 aromatic heterocycles. The van der Waals surface area contributed by atoms with Crippen LogP contribution in [0.25, 0.3) is 0 Å². The van der Waals surface area contributed by atoms with Crippen molar-refractivity contribution < 1.29 is 0 Å². The van der Waals surface area contributed by atoms with Crippen molar-refractivity contribution in [1.82, 2.24) is 5.73 Å². The van der Waals surface area contributed by atoms with Crippen LogP contribution >= 0.6 is 0 Å². The molecule has 1 aromatic carbocycles. The van der Waals surface area contributed by atoms with E-state index in [1.165, 1.54) is 0 Å². The monoisotopic (exact) mass is 148 g/mol. The zero-order chi connectivity index (χ0) is 8.27. The quantitative estimate of drug-likeness (QED) is 0.471. The SMILES string of the molecule is [NH]Cc1cccc(C(=N)N)c1. The number of benzene rings is 1. The Kier molecular flexibility index (Phi) is 2.23. The molecule has 11 heavy (non-hydrogen) atoms. The molecule has 0 heterocycles. The molecule has 0 aliphatic carbocycles. The van der Waals surface area contributed by atoms with Gasteiger partial charge >= 0.3 is 0 Å². The van der Waals surface area contributed by atoms with Gasteiger partial charge < -0.3 is 5.73 Å². The number of amidine groups is 1. The second-order valence-electron chi connectivity index (χ2n) is 2.29. The van der Waals surface area contributed by atoms with Crippen molar-refractivity contribution in [2.45, 2.75) is 6.54 Å². The summed E-state index contributed by atoms with van der Waals surface area (Å²) in [4.78, 5) is 0. The van der Waals surface area contributed by atoms with Crippen LogP contribution in [0.5, 0.6) is 0 Å². The largest absolute Gasteiger partial charge is 0.384 e. The van der Waals surface area contributed by atoms with Crippen molar-refractivity contribution in [2.75, 3.05) is 0 Å². The third-order valence-electron chi connectivity index (χ3n) is 1.44. The Morgan fingerprint density at radius 3 is 2.73 bits per heavy atom. The summed E-state index contributed by atoms with van der Waals surface area (Å²) >= 11 is 0. The van der Waals surface area contributed by atoms with Crippen molar-refractivity contribution in [1.29, 1.82) is 5.41 Å². The van der Waals surface area contributed by atoms with Crippen LogP contribution in [0.2, 0.25) is 0 Å². The number of nitrogens with two attached hydrogens (primary N) is 1. The predicted molar refractivity (Wildman–Crippen MR) is 44.3 cm³/mol. The minimum absolute atomic E-state index is 0.0558. The van der Waals surface area contributed by atoms with E-state index in [4.69, 9.17) is 16.9 Å². The van der Waals surface area contributed by atoms with Crippen LogP contribution in [-0.4, -0.2) is 5.84 Å². The van der Waals surface area contributed by atoms with Crippen LogP contribution in [0, 0.1) is 5.41 Å². The van der Waals surface area contributed by atoms with Crippen molar-refractivity contribution in [2.24, 2.45) is 5.73 Å². The summed E-state index contributed by atoms with van der Waals surface area (Å²) in [6, 6.07) is 7.18. The van der Waals surface area contributed by atoms with Gasteiger partial charge in [-0.3, -0.25) is 11.1 Å². The highest BCUT2D eigenvalue weighted by atomic mass is 14.7. The minimum Gasteiger partial charge on any atom is -0.384 e. The maximum atomic E-state index is 7.12. The zero-order valence-corrected chi connectivity index (χ0v) is 6.09. The van der Waals surface area contributed by atoms with E-state index in [-0.39, 0.29) is 12.4 Å². The molecule has 0 aliphatic heterocycles. The van der Waals surface area contributed by atoms with Crippen LogP contribution in [0.1, 0.15) is 11.1 Å². The average molecular weight is 148 g/mol. The molecule has 1 aromatic rings. The summed E-state index contributed by atoms with van der Waals surface area (Å²) in [5.74, 6) is 0.0558. The Hall–Kier alpha value is -1.35. The van der Waals surface area contributed by atoms with Crippen LogP contribution in [-0.2, 0) is 6.54 Å². The van der Waals surface area contributed by atoms with Gasteiger partial charge in [-0.2, -0.15) is 0 Å². The van der Waals surface area contributed by atoms with Crippen molar-refractivity contribution >= 4 is 5.84 Å². The lowest BCUT2D eigenvalue weighted by Crippen LogP contribution is -2.11. The standard InChI is InChI=1S/C8H10N3/c9-5-6-2-1-3-7(4-6)8(10)11/h1-4,9H,5H2,(H3,10,11). The molecule has 0 atom stereocenters. The highest BCUT2D eigenvalue weighted by molar-refractivity contribution is 5.95. The molecule has 57 valence electrons. The first-order valence-electron chi connectivity index (χ1n) is 3.32. The first-order valence-corrected chi connectivity index (χ1v) is 3.32. The third-order valence-corrected chi connectivity index (χ3v) is 1.44. The van der Waals surface area contributed by atoms with Crippen molar-refractivity contribution in [3.05, 3.63) is 35.4 Å². The topological polar surface area (TPSA) is 73.7 Å². The predicted octanol–water partition coefficient (Wildman–Crippen LogP) is 0.754. The minimum atomic E-state index is 0.0558. The van der Waals surface area contributed by atoms with Crippen molar-refractivity contribution in [3.8, 4) is 0 Å². The number of nitrogen functional groups attached to an aromatic ring is 1. The molecule has 0 saturated heterocycles. The molecule has 3 heteroatoms. The molecule has 0 unspecified atom stereocenters. The first-order chi connectivity index (χ1) is 5.24.